The van der Waals surface area contributed by atoms with Gasteiger partial charge in [-0.3, -0.25) is 9.69 Å². The number of benzene rings is 1. The fourth-order valence-electron chi connectivity index (χ4n) is 3.18. The molecule has 24 heavy (non-hydrogen) atoms. The van der Waals surface area contributed by atoms with Crippen molar-refractivity contribution in [3.63, 3.8) is 0 Å². The number of aryl methyl sites for hydroxylation is 1. The average Bonchev–Trinajstić information content (AvgIpc) is 3.21. The molecule has 0 aliphatic carbocycles. The van der Waals surface area contributed by atoms with Crippen LogP contribution in [0.25, 0.3) is 0 Å². The highest BCUT2D eigenvalue weighted by Crippen LogP contribution is 2.35. The largest absolute Gasteiger partial charge is 0.326 e. The molecule has 0 saturated carbocycles. The Morgan fingerprint density at radius 2 is 2.29 bits per heavy atom. The van der Waals surface area contributed by atoms with E-state index in [-0.39, 0.29) is 5.91 Å². The van der Waals surface area contributed by atoms with Crippen molar-refractivity contribution in [3.05, 3.63) is 51.7 Å². The van der Waals surface area contributed by atoms with Crippen LogP contribution in [0.3, 0.4) is 0 Å². The van der Waals surface area contributed by atoms with Gasteiger partial charge in [-0.2, -0.15) is 5.26 Å². The molecule has 1 atom stereocenters. The van der Waals surface area contributed by atoms with Crippen LogP contribution in [0.2, 0.25) is 0 Å². The van der Waals surface area contributed by atoms with Gasteiger partial charge in [-0.05, 0) is 56.6 Å². The van der Waals surface area contributed by atoms with E-state index in [1.165, 1.54) is 22.6 Å². The van der Waals surface area contributed by atoms with Crippen molar-refractivity contribution in [3.8, 4) is 6.07 Å². The molecule has 1 aliphatic rings. The van der Waals surface area contributed by atoms with Gasteiger partial charge >= 0.3 is 0 Å². The first-order chi connectivity index (χ1) is 11.7. The number of hydrogen-bond donors (Lipinski definition) is 1. The Morgan fingerprint density at radius 3 is 3.04 bits per heavy atom. The monoisotopic (exact) mass is 339 g/mol. The molecular weight excluding hydrogens is 318 g/mol. The van der Waals surface area contributed by atoms with Crippen LogP contribution in [0.15, 0.2) is 36.4 Å². The number of anilines is 1. The first kappa shape index (κ1) is 16.7. The van der Waals surface area contributed by atoms with Crippen LogP contribution >= 0.6 is 11.3 Å². The zero-order chi connectivity index (χ0) is 16.9. The Kier molecular flexibility index (Phi) is 5.29. The van der Waals surface area contributed by atoms with E-state index in [9.17, 15) is 4.79 Å². The van der Waals surface area contributed by atoms with Crippen molar-refractivity contribution in [2.24, 2.45) is 0 Å². The van der Waals surface area contributed by atoms with Crippen molar-refractivity contribution in [2.45, 2.75) is 32.2 Å². The minimum Gasteiger partial charge on any atom is -0.326 e. The standard InChI is InChI=1S/C19H21N3OS/c1-14-7-8-18(24-14)17-6-3-10-22(17)11-9-19(23)21-16-5-2-4-15(12-16)13-20/h2,4-5,7-8,12,17H,3,6,9-11H2,1H3,(H,21,23). The van der Waals surface area contributed by atoms with Gasteiger partial charge < -0.3 is 5.32 Å². The van der Waals surface area contributed by atoms with Crippen molar-refractivity contribution in [1.29, 1.82) is 5.26 Å². The van der Waals surface area contributed by atoms with Gasteiger partial charge in [0.15, 0.2) is 0 Å². The van der Waals surface area contributed by atoms with Crippen LogP contribution in [-0.4, -0.2) is 23.9 Å². The second-order valence-corrected chi connectivity index (χ2v) is 7.45. The molecule has 0 radical (unpaired) electrons. The lowest BCUT2D eigenvalue weighted by Gasteiger charge is -2.23. The third-order valence-electron chi connectivity index (χ3n) is 4.35. The molecule has 2 heterocycles. The molecule has 1 amide bonds. The van der Waals surface area contributed by atoms with Crippen molar-refractivity contribution >= 4 is 22.9 Å². The summed E-state index contributed by atoms with van der Waals surface area (Å²) in [6.07, 6.45) is 2.83. The molecule has 1 aromatic carbocycles. The zero-order valence-electron chi connectivity index (χ0n) is 13.8. The van der Waals surface area contributed by atoms with Crippen LogP contribution < -0.4 is 5.32 Å². The molecule has 1 saturated heterocycles. The summed E-state index contributed by atoms with van der Waals surface area (Å²) >= 11 is 1.86. The predicted molar refractivity (Wildman–Crippen MR) is 97.0 cm³/mol. The molecule has 0 spiro atoms. The predicted octanol–water partition coefficient (Wildman–Crippen LogP) is 4.09. The Labute approximate surface area is 146 Å². The van der Waals surface area contributed by atoms with E-state index in [0.29, 0.717) is 23.7 Å². The van der Waals surface area contributed by atoms with Gasteiger partial charge in [0.05, 0.1) is 11.6 Å². The molecule has 2 aromatic rings. The van der Waals surface area contributed by atoms with E-state index >= 15 is 0 Å². The van der Waals surface area contributed by atoms with E-state index < -0.39 is 0 Å². The molecule has 3 rings (SSSR count). The van der Waals surface area contributed by atoms with Crippen LogP contribution in [0.4, 0.5) is 5.69 Å². The van der Waals surface area contributed by atoms with Crippen molar-refractivity contribution in [2.75, 3.05) is 18.4 Å². The van der Waals surface area contributed by atoms with E-state index in [4.69, 9.17) is 5.26 Å². The third kappa shape index (κ3) is 4.02. The summed E-state index contributed by atoms with van der Waals surface area (Å²) in [6.45, 7) is 3.96. The molecular formula is C19H21N3OS. The molecule has 4 nitrogen and oxygen atoms in total. The van der Waals surface area contributed by atoms with Gasteiger partial charge in [0.25, 0.3) is 0 Å². The number of hydrogen-bond acceptors (Lipinski definition) is 4. The van der Waals surface area contributed by atoms with Crippen LogP contribution in [0.5, 0.6) is 0 Å². The van der Waals surface area contributed by atoms with Gasteiger partial charge in [0.2, 0.25) is 5.91 Å². The fraction of sp³-hybridized carbons (Fsp3) is 0.368. The van der Waals surface area contributed by atoms with Gasteiger partial charge in [-0.25, -0.2) is 0 Å². The summed E-state index contributed by atoms with van der Waals surface area (Å²) in [5.74, 6) is -0.00176. The van der Waals surface area contributed by atoms with E-state index in [0.717, 1.165) is 13.1 Å². The van der Waals surface area contributed by atoms with Gasteiger partial charge in [0.1, 0.15) is 0 Å². The SMILES string of the molecule is Cc1ccc(C2CCCN2CCC(=O)Nc2cccc(C#N)c2)s1. The van der Waals surface area contributed by atoms with Gasteiger partial charge in [0, 0.05) is 34.4 Å². The summed E-state index contributed by atoms with van der Waals surface area (Å²) in [6, 6.07) is 14.0. The maximum atomic E-state index is 12.2. The van der Waals surface area contributed by atoms with E-state index in [1.807, 2.05) is 17.4 Å². The third-order valence-corrected chi connectivity index (χ3v) is 5.46. The molecule has 1 unspecified atom stereocenters. The second kappa shape index (κ2) is 7.61. The number of rotatable bonds is 5. The zero-order valence-corrected chi connectivity index (χ0v) is 14.6. The molecule has 1 fully saturated rings. The van der Waals surface area contributed by atoms with E-state index in [1.54, 1.807) is 18.2 Å². The number of nitrogens with zero attached hydrogens (tertiary/aromatic N) is 2. The summed E-state index contributed by atoms with van der Waals surface area (Å²) in [4.78, 5) is 17.4. The molecule has 0 bridgehead atoms. The van der Waals surface area contributed by atoms with Crippen LogP contribution in [0.1, 0.15) is 40.6 Å². The lowest BCUT2D eigenvalue weighted by Crippen LogP contribution is -2.27. The maximum Gasteiger partial charge on any atom is 0.225 e. The van der Waals surface area contributed by atoms with Crippen LogP contribution in [0, 0.1) is 18.3 Å². The minimum atomic E-state index is -0.00176. The van der Waals surface area contributed by atoms with Gasteiger partial charge in [-0.15, -0.1) is 11.3 Å². The Morgan fingerprint density at radius 1 is 1.42 bits per heavy atom. The Balaban J connectivity index is 1.54. The number of thiophene rings is 1. The molecule has 124 valence electrons. The Bertz CT molecular complexity index is 762. The summed E-state index contributed by atoms with van der Waals surface area (Å²) < 4.78 is 0. The molecule has 5 heteroatoms. The van der Waals surface area contributed by atoms with Gasteiger partial charge in [-0.1, -0.05) is 6.07 Å². The van der Waals surface area contributed by atoms with Crippen molar-refractivity contribution < 1.29 is 4.79 Å². The smallest absolute Gasteiger partial charge is 0.225 e. The highest BCUT2D eigenvalue weighted by molar-refractivity contribution is 7.12. The number of likely N-dealkylation sites (tertiary alicyclic amines) is 1. The molecule has 1 aliphatic heterocycles. The first-order valence-corrected chi connectivity index (χ1v) is 9.08. The number of nitriles is 1. The second-order valence-electron chi connectivity index (χ2n) is 6.13. The number of nitrogens with one attached hydrogen (secondary N) is 1. The minimum absolute atomic E-state index is 0.00176. The fourth-order valence-corrected chi connectivity index (χ4v) is 4.23. The highest BCUT2D eigenvalue weighted by Gasteiger charge is 2.27. The van der Waals surface area contributed by atoms with E-state index in [2.05, 4.69) is 35.3 Å². The highest BCUT2D eigenvalue weighted by atomic mass is 32.1. The summed E-state index contributed by atoms with van der Waals surface area (Å²) in [5.41, 5.74) is 1.24. The van der Waals surface area contributed by atoms with Crippen LogP contribution in [-0.2, 0) is 4.79 Å². The Hall–Kier alpha value is -2.16. The maximum absolute atomic E-state index is 12.2. The summed E-state index contributed by atoms with van der Waals surface area (Å²) in [5, 5.41) is 11.8. The van der Waals surface area contributed by atoms with Crippen molar-refractivity contribution in [1.82, 2.24) is 4.90 Å². The number of carbonyl (C=O) groups is 1. The lowest BCUT2D eigenvalue weighted by molar-refractivity contribution is -0.116. The molecule has 1 aromatic heterocycles. The normalized spacial score (nSPS) is 17.6. The summed E-state index contributed by atoms with van der Waals surface area (Å²) in [7, 11) is 0. The first-order valence-electron chi connectivity index (χ1n) is 8.26. The lowest BCUT2D eigenvalue weighted by atomic mass is 10.2. The topological polar surface area (TPSA) is 56.1 Å². The number of carbonyl (C=O) groups excluding carboxylic acids is 1. The quantitative estimate of drug-likeness (QED) is 0.892. The molecule has 1 N–H and O–H groups in total. The number of amides is 1. The average molecular weight is 339 g/mol.